The number of hydrogen-bond acceptors (Lipinski definition) is 3. The monoisotopic (exact) mass is 206 g/mol. The van der Waals surface area contributed by atoms with Gasteiger partial charge in [0.05, 0.1) is 12.6 Å². The van der Waals surface area contributed by atoms with Gasteiger partial charge in [0.2, 0.25) is 5.91 Å². The van der Waals surface area contributed by atoms with Crippen LogP contribution in [0.5, 0.6) is 0 Å². The van der Waals surface area contributed by atoms with Crippen LogP contribution in [-0.2, 0) is 11.3 Å². The highest BCUT2D eigenvalue weighted by Crippen LogP contribution is 2.12. The molecule has 0 radical (unpaired) electrons. The maximum absolute atomic E-state index is 11.5. The molecule has 5 heteroatoms. The first-order chi connectivity index (χ1) is 7.06. The highest BCUT2D eigenvalue weighted by Gasteiger charge is 2.26. The van der Waals surface area contributed by atoms with Gasteiger partial charge < -0.3 is 5.32 Å². The van der Waals surface area contributed by atoms with Crippen LogP contribution in [0.1, 0.15) is 13.8 Å². The minimum atomic E-state index is -0.968. The zero-order chi connectivity index (χ0) is 11.3. The van der Waals surface area contributed by atoms with Gasteiger partial charge in [-0.2, -0.15) is 10.4 Å². The minimum Gasteiger partial charge on any atom is -0.353 e. The molecule has 1 aromatic rings. The van der Waals surface area contributed by atoms with Crippen molar-refractivity contribution in [1.82, 2.24) is 15.1 Å². The molecule has 0 aliphatic heterocycles. The van der Waals surface area contributed by atoms with E-state index >= 15 is 0 Å². The predicted octanol–water partition coefficient (Wildman–Crippen LogP) is 0.549. The SMILES string of the molecule is CC(C)(C#N)C(=O)NCCn1cccn1. The van der Waals surface area contributed by atoms with Crippen molar-refractivity contribution in [1.29, 1.82) is 5.26 Å². The van der Waals surface area contributed by atoms with Crippen molar-refractivity contribution in [3.8, 4) is 6.07 Å². The second kappa shape index (κ2) is 4.60. The summed E-state index contributed by atoms with van der Waals surface area (Å²) >= 11 is 0. The molecular weight excluding hydrogens is 192 g/mol. The predicted molar refractivity (Wildman–Crippen MR) is 54.6 cm³/mol. The zero-order valence-corrected chi connectivity index (χ0v) is 8.90. The highest BCUT2D eigenvalue weighted by atomic mass is 16.2. The van der Waals surface area contributed by atoms with Crippen LogP contribution in [0.3, 0.4) is 0 Å². The van der Waals surface area contributed by atoms with Crippen LogP contribution in [0.4, 0.5) is 0 Å². The molecule has 0 aliphatic rings. The second-order valence-electron chi connectivity index (χ2n) is 3.76. The highest BCUT2D eigenvalue weighted by molar-refractivity contribution is 5.84. The van der Waals surface area contributed by atoms with E-state index in [1.165, 1.54) is 0 Å². The van der Waals surface area contributed by atoms with Crippen molar-refractivity contribution in [2.75, 3.05) is 6.54 Å². The molecule has 1 rings (SSSR count). The molecule has 0 saturated heterocycles. The van der Waals surface area contributed by atoms with E-state index in [0.717, 1.165) is 0 Å². The number of amides is 1. The number of nitrogens with zero attached hydrogens (tertiary/aromatic N) is 3. The quantitative estimate of drug-likeness (QED) is 0.782. The van der Waals surface area contributed by atoms with Crippen molar-refractivity contribution < 1.29 is 4.79 Å². The molecule has 0 unspecified atom stereocenters. The number of aromatic nitrogens is 2. The summed E-state index contributed by atoms with van der Waals surface area (Å²) < 4.78 is 1.72. The van der Waals surface area contributed by atoms with E-state index in [2.05, 4.69) is 10.4 Å². The summed E-state index contributed by atoms with van der Waals surface area (Å²) in [7, 11) is 0. The van der Waals surface area contributed by atoms with Crippen LogP contribution < -0.4 is 5.32 Å². The van der Waals surface area contributed by atoms with E-state index in [-0.39, 0.29) is 5.91 Å². The zero-order valence-electron chi connectivity index (χ0n) is 8.90. The Morgan fingerprint density at radius 1 is 1.67 bits per heavy atom. The lowest BCUT2D eigenvalue weighted by molar-refractivity contribution is -0.126. The van der Waals surface area contributed by atoms with Gasteiger partial charge in [-0.25, -0.2) is 0 Å². The average Bonchev–Trinajstić information content (AvgIpc) is 2.70. The average molecular weight is 206 g/mol. The Labute approximate surface area is 88.7 Å². The van der Waals surface area contributed by atoms with Crippen LogP contribution in [0.2, 0.25) is 0 Å². The summed E-state index contributed by atoms with van der Waals surface area (Å²) in [4.78, 5) is 11.5. The molecule has 0 aliphatic carbocycles. The normalized spacial score (nSPS) is 10.7. The Kier molecular flexibility index (Phi) is 3.45. The first-order valence-corrected chi connectivity index (χ1v) is 4.73. The van der Waals surface area contributed by atoms with Gasteiger partial charge in [-0.15, -0.1) is 0 Å². The van der Waals surface area contributed by atoms with Crippen molar-refractivity contribution in [2.45, 2.75) is 20.4 Å². The van der Waals surface area contributed by atoms with Crippen LogP contribution in [0.25, 0.3) is 0 Å². The second-order valence-corrected chi connectivity index (χ2v) is 3.76. The molecule has 80 valence electrons. The van der Waals surface area contributed by atoms with E-state index in [9.17, 15) is 4.79 Å². The molecule has 1 aromatic heterocycles. The Bertz CT molecular complexity index is 361. The Morgan fingerprint density at radius 2 is 2.40 bits per heavy atom. The van der Waals surface area contributed by atoms with Crippen LogP contribution in [-0.4, -0.2) is 22.2 Å². The Balaban J connectivity index is 2.33. The van der Waals surface area contributed by atoms with E-state index in [1.807, 2.05) is 18.3 Å². The summed E-state index contributed by atoms with van der Waals surface area (Å²) in [6.07, 6.45) is 3.50. The van der Waals surface area contributed by atoms with Crippen LogP contribution in [0.15, 0.2) is 18.5 Å². The molecular formula is C10H14N4O. The number of rotatable bonds is 4. The van der Waals surface area contributed by atoms with Gasteiger partial charge in [0.1, 0.15) is 5.41 Å². The number of carbonyl (C=O) groups excluding carboxylic acids is 1. The Morgan fingerprint density at radius 3 is 2.93 bits per heavy atom. The van der Waals surface area contributed by atoms with Crippen molar-refractivity contribution in [3.05, 3.63) is 18.5 Å². The van der Waals surface area contributed by atoms with Gasteiger partial charge in [0, 0.05) is 18.9 Å². The summed E-state index contributed by atoms with van der Waals surface area (Å²) in [5.74, 6) is -0.253. The fraction of sp³-hybridized carbons (Fsp3) is 0.500. The van der Waals surface area contributed by atoms with Gasteiger partial charge in [-0.1, -0.05) is 0 Å². The van der Waals surface area contributed by atoms with Gasteiger partial charge >= 0.3 is 0 Å². The molecule has 0 spiro atoms. The molecule has 15 heavy (non-hydrogen) atoms. The molecule has 0 aromatic carbocycles. The van der Waals surface area contributed by atoms with Crippen molar-refractivity contribution in [2.24, 2.45) is 5.41 Å². The fourth-order valence-corrected chi connectivity index (χ4v) is 0.988. The summed E-state index contributed by atoms with van der Waals surface area (Å²) in [6, 6.07) is 3.77. The fourth-order valence-electron chi connectivity index (χ4n) is 0.988. The van der Waals surface area contributed by atoms with E-state index in [0.29, 0.717) is 13.1 Å². The third-order valence-electron chi connectivity index (χ3n) is 2.03. The first kappa shape index (κ1) is 11.2. The molecule has 1 heterocycles. The Hall–Kier alpha value is -1.83. The van der Waals surface area contributed by atoms with Crippen molar-refractivity contribution >= 4 is 5.91 Å². The lowest BCUT2D eigenvalue weighted by Gasteiger charge is -2.14. The summed E-state index contributed by atoms with van der Waals surface area (Å²) in [5, 5.41) is 15.4. The maximum atomic E-state index is 11.5. The number of hydrogen-bond donors (Lipinski definition) is 1. The number of carbonyl (C=O) groups is 1. The molecule has 1 N–H and O–H groups in total. The molecule has 5 nitrogen and oxygen atoms in total. The molecule has 0 saturated carbocycles. The van der Waals surface area contributed by atoms with E-state index in [4.69, 9.17) is 5.26 Å². The van der Waals surface area contributed by atoms with Gasteiger partial charge in [-0.3, -0.25) is 9.48 Å². The molecule has 0 atom stereocenters. The standard InChI is InChI=1S/C10H14N4O/c1-10(2,8-11)9(15)12-5-7-14-6-3-4-13-14/h3-4,6H,5,7H2,1-2H3,(H,12,15). The minimum absolute atomic E-state index is 0.253. The smallest absolute Gasteiger partial charge is 0.239 e. The maximum Gasteiger partial charge on any atom is 0.239 e. The van der Waals surface area contributed by atoms with Crippen LogP contribution in [0, 0.1) is 16.7 Å². The lowest BCUT2D eigenvalue weighted by atomic mass is 9.95. The first-order valence-electron chi connectivity index (χ1n) is 4.73. The molecule has 0 bridgehead atoms. The van der Waals surface area contributed by atoms with E-state index < -0.39 is 5.41 Å². The summed E-state index contributed by atoms with van der Waals surface area (Å²) in [6.45, 7) is 4.28. The summed E-state index contributed by atoms with van der Waals surface area (Å²) in [5.41, 5.74) is -0.968. The van der Waals surface area contributed by atoms with Crippen LogP contribution >= 0.6 is 0 Å². The third kappa shape index (κ3) is 3.09. The number of nitriles is 1. The topological polar surface area (TPSA) is 70.7 Å². The van der Waals surface area contributed by atoms with Gasteiger partial charge in [-0.05, 0) is 19.9 Å². The van der Waals surface area contributed by atoms with Gasteiger partial charge in [0.15, 0.2) is 0 Å². The van der Waals surface area contributed by atoms with Crippen molar-refractivity contribution in [3.63, 3.8) is 0 Å². The number of nitrogens with one attached hydrogen (secondary N) is 1. The molecule has 1 amide bonds. The lowest BCUT2D eigenvalue weighted by Crippen LogP contribution is -2.37. The largest absolute Gasteiger partial charge is 0.353 e. The molecule has 0 fully saturated rings. The third-order valence-corrected chi connectivity index (χ3v) is 2.03. The van der Waals surface area contributed by atoms with E-state index in [1.54, 1.807) is 24.7 Å². The van der Waals surface area contributed by atoms with Gasteiger partial charge in [0.25, 0.3) is 0 Å².